The number of aromatic nitrogens is 2. The molecular formula is C12H14BrN3O2. The van der Waals surface area contributed by atoms with Crippen LogP contribution in [0.15, 0.2) is 16.6 Å². The third-order valence-corrected chi connectivity index (χ3v) is 3.30. The summed E-state index contributed by atoms with van der Waals surface area (Å²) >= 11 is 3.48. The summed E-state index contributed by atoms with van der Waals surface area (Å²) in [6, 6.07) is 3.67. The molecule has 96 valence electrons. The Balaban J connectivity index is 2.68. The van der Waals surface area contributed by atoms with Crippen LogP contribution in [0.5, 0.6) is 11.5 Å². The summed E-state index contributed by atoms with van der Waals surface area (Å²) in [4.78, 5) is 0. The minimum absolute atomic E-state index is 0.441. The number of halogens is 1. The van der Waals surface area contributed by atoms with Crippen molar-refractivity contribution in [3.8, 4) is 22.8 Å². The topological polar surface area (TPSA) is 73.2 Å². The number of ether oxygens (including phenoxy) is 2. The molecule has 1 heterocycles. The number of rotatable bonds is 3. The second kappa shape index (κ2) is 4.89. The first-order chi connectivity index (χ1) is 8.58. The fourth-order valence-electron chi connectivity index (χ4n) is 1.93. The van der Waals surface area contributed by atoms with E-state index in [9.17, 15) is 0 Å². The van der Waals surface area contributed by atoms with E-state index in [0.29, 0.717) is 5.82 Å². The molecular weight excluding hydrogens is 298 g/mol. The number of nitrogens with zero attached hydrogens (tertiary/aromatic N) is 1. The van der Waals surface area contributed by atoms with E-state index in [1.807, 2.05) is 13.0 Å². The number of anilines is 1. The van der Waals surface area contributed by atoms with Crippen LogP contribution in [0.25, 0.3) is 11.3 Å². The smallest absolute Gasteiger partial charge is 0.145 e. The van der Waals surface area contributed by atoms with Gasteiger partial charge in [-0.15, -0.1) is 0 Å². The Morgan fingerprint density at radius 3 is 2.39 bits per heavy atom. The zero-order valence-electron chi connectivity index (χ0n) is 10.4. The van der Waals surface area contributed by atoms with Gasteiger partial charge >= 0.3 is 0 Å². The normalized spacial score (nSPS) is 10.4. The highest BCUT2D eigenvalue weighted by Crippen LogP contribution is 2.42. The summed E-state index contributed by atoms with van der Waals surface area (Å²) in [5.74, 6) is 1.93. The third-order valence-electron chi connectivity index (χ3n) is 2.71. The van der Waals surface area contributed by atoms with E-state index in [2.05, 4.69) is 26.1 Å². The maximum Gasteiger partial charge on any atom is 0.145 e. The average Bonchev–Trinajstić information content (AvgIpc) is 2.75. The molecule has 0 saturated carbocycles. The Morgan fingerprint density at radius 2 is 1.89 bits per heavy atom. The lowest BCUT2D eigenvalue weighted by molar-refractivity contribution is 0.388. The SMILES string of the molecule is COc1c(Br)cc(-c2cc(N)n[nH]2)c(OC)c1C. The Hall–Kier alpha value is -1.69. The number of H-pyrrole nitrogens is 1. The largest absolute Gasteiger partial charge is 0.496 e. The maximum atomic E-state index is 5.62. The number of nitrogen functional groups attached to an aromatic ring is 1. The zero-order valence-corrected chi connectivity index (χ0v) is 12.0. The number of benzene rings is 1. The molecule has 0 aliphatic heterocycles. The fraction of sp³-hybridized carbons (Fsp3) is 0.250. The molecule has 0 unspecified atom stereocenters. The first-order valence-corrected chi connectivity index (χ1v) is 6.10. The maximum absolute atomic E-state index is 5.62. The highest BCUT2D eigenvalue weighted by atomic mass is 79.9. The van der Waals surface area contributed by atoms with Crippen molar-refractivity contribution in [2.45, 2.75) is 6.92 Å². The summed E-state index contributed by atoms with van der Waals surface area (Å²) in [6.45, 7) is 1.94. The number of hydrogen-bond donors (Lipinski definition) is 2. The van der Waals surface area contributed by atoms with E-state index in [-0.39, 0.29) is 0 Å². The van der Waals surface area contributed by atoms with Crippen LogP contribution in [0.3, 0.4) is 0 Å². The van der Waals surface area contributed by atoms with Gasteiger partial charge in [0.1, 0.15) is 17.3 Å². The Bertz CT molecular complexity index is 581. The summed E-state index contributed by atoms with van der Waals surface area (Å²) in [7, 11) is 3.25. The Morgan fingerprint density at radius 1 is 1.22 bits per heavy atom. The minimum Gasteiger partial charge on any atom is -0.496 e. The first kappa shape index (κ1) is 12.8. The summed E-state index contributed by atoms with van der Waals surface area (Å²) in [6.07, 6.45) is 0. The minimum atomic E-state index is 0.441. The van der Waals surface area contributed by atoms with Crippen LogP contribution in [0.2, 0.25) is 0 Å². The number of nitrogens with two attached hydrogens (primary N) is 1. The Kier molecular flexibility index (Phi) is 3.47. The molecule has 0 saturated heterocycles. The van der Waals surface area contributed by atoms with Gasteiger partial charge in [0.05, 0.1) is 24.4 Å². The molecule has 0 amide bonds. The second-order valence-electron chi connectivity index (χ2n) is 3.80. The second-order valence-corrected chi connectivity index (χ2v) is 4.66. The van der Waals surface area contributed by atoms with Gasteiger partial charge in [-0.1, -0.05) is 0 Å². The lowest BCUT2D eigenvalue weighted by Gasteiger charge is -2.15. The molecule has 0 fully saturated rings. The quantitative estimate of drug-likeness (QED) is 0.914. The number of hydrogen-bond acceptors (Lipinski definition) is 4. The zero-order chi connectivity index (χ0) is 13.3. The first-order valence-electron chi connectivity index (χ1n) is 5.30. The van der Waals surface area contributed by atoms with Crippen LogP contribution in [0.1, 0.15) is 5.56 Å². The van der Waals surface area contributed by atoms with E-state index in [1.54, 1.807) is 20.3 Å². The van der Waals surface area contributed by atoms with Crippen molar-refractivity contribution in [1.29, 1.82) is 0 Å². The van der Waals surface area contributed by atoms with Gasteiger partial charge in [-0.25, -0.2) is 0 Å². The van der Waals surface area contributed by atoms with Crippen LogP contribution in [-0.2, 0) is 0 Å². The van der Waals surface area contributed by atoms with Crippen molar-refractivity contribution >= 4 is 21.7 Å². The molecule has 2 rings (SSSR count). The van der Waals surface area contributed by atoms with E-state index < -0.39 is 0 Å². The molecule has 1 aromatic heterocycles. The van der Waals surface area contributed by atoms with E-state index in [0.717, 1.165) is 32.8 Å². The summed E-state index contributed by atoms with van der Waals surface area (Å²) < 4.78 is 11.6. The lowest BCUT2D eigenvalue weighted by atomic mass is 10.1. The van der Waals surface area contributed by atoms with Crippen LogP contribution in [-0.4, -0.2) is 24.4 Å². The van der Waals surface area contributed by atoms with Crippen molar-refractivity contribution in [1.82, 2.24) is 10.2 Å². The molecule has 0 spiro atoms. The van der Waals surface area contributed by atoms with Gasteiger partial charge in [0.25, 0.3) is 0 Å². The molecule has 0 radical (unpaired) electrons. The molecule has 1 aromatic carbocycles. The molecule has 0 atom stereocenters. The van der Waals surface area contributed by atoms with Crippen molar-refractivity contribution in [2.24, 2.45) is 0 Å². The van der Waals surface area contributed by atoms with E-state index in [1.165, 1.54) is 0 Å². The molecule has 0 bridgehead atoms. The van der Waals surface area contributed by atoms with Gasteiger partial charge in [-0.05, 0) is 28.9 Å². The van der Waals surface area contributed by atoms with Crippen molar-refractivity contribution in [2.75, 3.05) is 20.0 Å². The fourth-order valence-corrected chi connectivity index (χ4v) is 2.62. The predicted molar refractivity (Wildman–Crippen MR) is 74.0 cm³/mol. The number of aromatic amines is 1. The average molecular weight is 312 g/mol. The van der Waals surface area contributed by atoms with Crippen LogP contribution in [0, 0.1) is 6.92 Å². The molecule has 3 N–H and O–H groups in total. The molecule has 0 aliphatic carbocycles. The van der Waals surface area contributed by atoms with Crippen molar-refractivity contribution in [3.63, 3.8) is 0 Å². The molecule has 5 nitrogen and oxygen atoms in total. The van der Waals surface area contributed by atoms with Crippen molar-refractivity contribution in [3.05, 3.63) is 22.2 Å². The van der Waals surface area contributed by atoms with Gasteiger partial charge in [-0.2, -0.15) is 5.10 Å². The molecule has 18 heavy (non-hydrogen) atoms. The Labute approximate surface area is 113 Å². The van der Waals surface area contributed by atoms with Gasteiger partial charge in [0.2, 0.25) is 0 Å². The standard InChI is InChI=1S/C12H14BrN3O2/c1-6-11(17-2)7(4-8(13)12(6)18-3)9-5-10(14)16-15-9/h4-5H,1-3H3,(H3,14,15,16). The van der Waals surface area contributed by atoms with Crippen LogP contribution >= 0.6 is 15.9 Å². The lowest BCUT2D eigenvalue weighted by Crippen LogP contribution is -1.96. The predicted octanol–water partition coefficient (Wildman–Crippen LogP) is 2.75. The van der Waals surface area contributed by atoms with Gasteiger partial charge in [-0.3, -0.25) is 5.10 Å². The van der Waals surface area contributed by atoms with Crippen LogP contribution < -0.4 is 15.2 Å². The molecule has 2 aromatic rings. The van der Waals surface area contributed by atoms with E-state index >= 15 is 0 Å². The monoisotopic (exact) mass is 311 g/mol. The molecule has 6 heteroatoms. The number of nitrogens with one attached hydrogen (secondary N) is 1. The van der Waals surface area contributed by atoms with Gasteiger partial charge < -0.3 is 15.2 Å². The van der Waals surface area contributed by atoms with Crippen molar-refractivity contribution < 1.29 is 9.47 Å². The highest BCUT2D eigenvalue weighted by molar-refractivity contribution is 9.10. The number of methoxy groups -OCH3 is 2. The van der Waals surface area contributed by atoms with Gasteiger partial charge in [0, 0.05) is 17.2 Å². The van der Waals surface area contributed by atoms with E-state index in [4.69, 9.17) is 15.2 Å². The highest BCUT2D eigenvalue weighted by Gasteiger charge is 2.17. The van der Waals surface area contributed by atoms with Crippen LogP contribution in [0.4, 0.5) is 5.82 Å². The third kappa shape index (κ3) is 2.03. The molecule has 0 aliphatic rings. The van der Waals surface area contributed by atoms with Gasteiger partial charge in [0.15, 0.2) is 0 Å². The summed E-state index contributed by atoms with van der Waals surface area (Å²) in [5.41, 5.74) is 8.22. The summed E-state index contributed by atoms with van der Waals surface area (Å²) in [5, 5.41) is 6.79.